The molecule has 0 bridgehead atoms. The van der Waals surface area contributed by atoms with Gasteiger partial charge in [0.15, 0.2) is 15.7 Å². The summed E-state index contributed by atoms with van der Waals surface area (Å²) in [5.74, 6) is -0.577. The predicted octanol–water partition coefficient (Wildman–Crippen LogP) is 2.65. The number of aromatic amines is 1. The molecule has 40 heavy (non-hydrogen) atoms. The average Bonchev–Trinajstić information content (AvgIpc) is 3.05. The van der Waals surface area contributed by atoms with Crippen LogP contribution in [0.2, 0.25) is 0 Å². The number of aliphatic hydroxyl groups excluding tert-OH is 1. The smallest absolute Gasteiger partial charge is 0.406 e. The number of ether oxygens (including phenoxy) is 2. The molecule has 13 nitrogen and oxygen atoms in total. The second-order valence-electron chi connectivity index (χ2n) is 10.5. The summed E-state index contributed by atoms with van der Waals surface area (Å²) in [5.41, 5.74) is -1.93. The Balaban J connectivity index is 2.19. The van der Waals surface area contributed by atoms with Crippen molar-refractivity contribution in [2.75, 3.05) is 19.0 Å². The Labute approximate surface area is 246 Å². The Kier molecular flexibility index (Phi) is 12.1. The van der Waals surface area contributed by atoms with Crippen molar-refractivity contribution >= 4 is 53.8 Å². The summed E-state index contributed by atoms with van der Waals surface area (Å²) in [6.07, 6.45) is -3.66. The largest absolute Gasteiger partial charge is 0.462 e. The second-order valence-corrected chi connectivity index (χ2v) is 14.8. The van der Waals surface area contributed by atoms with Crippen LogP contribution in [0.15, 0.2) is 15.8 Å². The highest BCUT2D eigenvalue weighted by atomic mass is 35.5. The van der Waals surface area contributed by atoms with Crippen LogP contribution in [0.3, 0.4) is 0 Å². The van der Waals surface area contributed by atoms with Gasteiger partial charge in [0, 0.05) is 22.9 Å². The zero-order chi connectivity index (χ0) is 30.6. The van der Waals surface area contributed by atoms with Crippen LogP contribution in [0.5, 0.6) is 0 Å². The van der Waals surface area contributed by atoms with Gasteiger partial charge >= 0.3 is 19.4 Å². The van der Waals surface area contributed by atoms with Crippen molar-refractivity contribution in [1.29, 1.82) is 0 Å². The van der Waals surface area contributed by atoms with E-state index in [1.54, 1.807) is 34.6 Å². The fourth-order valence-electron chi connectivity index (χ4n) is 3.28. The summed E-state index contributed by atoms with van der Waals surface area (Å²) >= 11 is 13.7. The number of alkyl halides is 2. The van der Waals surface area contributed by atoms with Crippen molar-refractivity contribution < 1.29 is 37.8 Å². The van der Waals surface area contributed by atoms with Gasteiger partial charge in [0.1, 0.15) is 18.2 Å². The fraction of sp³-hybridized carbons (Fsp3) is 0.739. The molecule has 2 heterocycles. The molecular weight excluding hydrogens is 612 g/mol. The van der Waals surface area contributed by atoms with Gasteiger partial charge in [0.05, 0.1) is 19.3 Å². The highest BCUT2D eigenvalue weighted by Crippen LogP contribution is 2.49. The van der Waals surface area contributed by atoms with Gasteiger partial charge in [-0.2, -0.15) is 0 Å². The van der Waals surface area contributed by atoms with E-state index in [1.165, 1.54) is 20.0 Å². The quantitative estimate of drug-likeness (QED) is 0.131. The number of halogens is 2. The maximum absolute atomic E-state index is 13.6. The molecule has 0 radical (unpaired) electrons. The first kappa shape index (κ1) is 35.0. The van der Waals surface area contributed by atoms with E-state index in [1.807, 2.05) is 0 Å². The standard InChI is InChI=1S/C23H36Cl2N3O10PS/c1-12(2)37-18(31)14(4)27-39(34,35-8-9-40-20(32)22(5,6)7)36-11-15-16(29)23(24,25)19(38-15)28-10-13(3)17(30)26-21(28)33/h10,12,14-16,19,29H,8-9,11H2,1-7H3,(H,27,34)(H,26,30,33). The number of carbonyl (C=O) groups is 2. The highest BCUT2D eigenvalue weighted by molar-refractivity contribution is 8.13. The molecule has 1 aromatic heterocycles. The number of aliphatic hydroxyl groups is 1. The molecule has 3 N–H and O–H groups in total. The van der Waals surface area contributed by atoms with Crippen LogP contribution in [0.25, 0.3) is 0 Å². The molecule has 0 aliphatic carbocycles. The Morgan fingerprint density at radius 1 is 1.27 bits per heavy atom. The number of H-pyrrole nitrogens is 1. The van der Waals surface area contributed by atoms with Crippen molar-refractivity contribution in [3.8, 4) is 0 Å². The van der Waals surface area contributed by atoms with Crippen LogP contribution >= 0.6 is 42.7 Å². The van der Waals surface area contributed by atoms with Gasteiger partial charge < -0.3 is 14.6 Å². The van der Waals surface area contributed by atoms with Crippen LogP contribution in [0.1, 0.15) is 53.3 Å². The third kappa shape index (κ3) is 9.14. The monoisotopic (exact) mass is 647 g/mol. The average molecular weight is 648 g/mol. The zero-order valence-electron chi connectivity index (χ0n) is 23.3. The Morgan fingerprint density at radius 3 is 2.48 bits per heavy atom. The maximum Gasteiger partial charge on any atom is 0.406 e. The summed E-state index contributed by atoms with van der Waals surface area (Å²) in [5, 5.41) is 13.1. The number of aromatic nitrogens is 2. The van der Waals surface area contributed by atoms with E-state index in [-0.39, 0.29) is 23.0 Å². The molecule has 1 aromatic rings. The summed E-state index contributed by atoms with van der Waals surface area (Å²) in [6.45, 7) is 10.6. The minimum atomic E-state index is -4.28. The molecule has 0 aromatic carbocycles. The zero-order valence-corrected chi connectivity index (χ0v) is 26.5. The van der Waals surface area contributed by atoms with E-state index < -0.39 is 71.9 Å². The molecule has 1 fully saturated rings. The SMILES string of the molecule is Cc1cn(C2OC(COP(=O)(NC(C)C(=O)OC(C)C)OCCSC(=O)C(C)(C)C)C(O)C2(Cl)Cl)c(=O)[nH]c1=O. The fourth-order valence-corrected chi connectivity index (χ4v) is 6.26. The molecule has 0 amide bonds. The maximum atomic E-state index is 13.6. The van der Waals surface area contributed by atoms with Gasteiger partial charge in [-0.1, -0.05) is 55.7 Å². The van der Waals surface area contributed by atoms with Crippen LogP contribution < -0.4 is 16.3 Å². The number of esters is 1. The molecule has 2 rings (SSSR count). The second kappa shape index (κ2) is 13.8. The molecular formula is C23H36Cl2N3O10PS. The third-order valence-corrected chi connectivity index (χ3v) is 9.21. The molecule has 1 aliphatic heterocycles. The summed E-state index contributed by atoms with van der Waals surface area (Å²) in [6, 6.07) is -1.12. The number of rotatable bonds is 12. The van der Waals surface area contributed by atoms with Gasteiger partial charge in [-0.15, -0.1) is 0 Å². The first-order chi connectivity index (χ1) is 18.3. The van der Waals surface area contributed by atoms with E-state index in [2.05, 4.69) is 10.1 Å². The number of hydrogen-bond donors (Lipinski definition) is 3. The lowest BCUT2D eigenvalue weighted by molar-refractivity contribution is -0.149. The number of hydrogen-bond acceptors (Lipinski definition) is 11. The molecule has 0 spiro atoms. The van der Waals surface area contributed by atoms with Crippen molar-refractivity contribution in [1.82, 2.24) is 14.6 Å². The van der Waals surface area contributed by atoms with Gasteiger partial charge in [-0.25, -0.2) is 14.4 Å². The van der Waals surface area contributed by atoms with Gasteiger partial charge in [0.2, 0.25) is 0 Å². The predicted molar refractivity (Wildman–Crippen MR) is 151 cm³/mol. The molecule has 5 atom stereocenters. The van der Waals surface area contributed by atoms with Crippen molar-refractivity contribution in [3.63, 3.8) is 0 Å². The van der Waals surface area contributed by atoms with Crippen molar-refractivity contribution in [3.05, 3.63) is 32.6 Å². The van der Waals surface area contributed by atoms with Crippen LogP contribution in [0, 0.1) is 12.3 Å². The van der Waals surface area contributed by atoms with Crippen LogP contribution in [-0.4, -0.2) is 73.4 Å². The lowest BCUT2D eigenvalue weighted by Gasteiger charge is -2.25. The number of nitrogens with one attached hydrogen (secondary N) is 2. The molecule has 1 aliphatic rings. The summed E-state index contributed by atoms with van der Waals surface area (Å²) < 4.78 is 34.3. The lowest BCUT2D eigenvalue weighted by atomic mass is 10.00. The topological polar surface area (TPSA) is 175 Å². The van der Waals surface area contributed by atoms with E-state index >= 15 is 0 Å². The Hall–Kier alpha value is -1.22. The van der Waals surface area contributed by atoms with Gasteiger partial charge in [-0.3, -0.25) is 33.0 Å². The van der Waals surface area contributed by atoms with E-state index in [4.69, 9.17) is 41.7 Å². The first-order valence-corrected chi connectivity index (χ1v) is 15.6. The van der Waals surface area contributed by atoms with Crippen molar-refractivity contribution in [2.24, 2.45) is 5.41 Å². The Morgan fingerprint density at radius 2 is 1.90 bits per heavy atom. The number of carbonyl (C=O) groups excluding carboxylic acids is 2. The molecule has 1 saturated heterocycles. The van der Waals surface area contributed by atoms with Crippen LogP contribution in [0.4, 0.5) is 0 Å². The number of thioether (sulfide) groups is 1. The van der Waals surface area contributed by atoms with Gasteiger partial charge in [0.25, 0.3) is 5.56 Å². The number of nitrogens with zero attached hydrogens (tertiary/aromatic N) is 1. The van der Waals surface area contributed by atoms with E-state index in [0.717, 1.165) is 16.3 Å². The molecule has 17 heteroatoms. The number of aryl methyl sites for hydroxylation is 1. The normalized spacial score (nSPS) is 23.1. The molecule has 5 unspecified atom stereocenters. The minimum absolute atomic E-state index is 0.101. The highest BCUT2D eigenvalue weighted by Gasteiger charge is 2.56. The lowest BCUT2D eigenvalue weighted by Crippen LogP contribution is -2.42. The van der Waals surface area contributed by atoms with Crippen LogP contribution in [-0.2, 0) is 32.7 Å². The third-order valence-electron chi connectivity index (χ3n) is 5.43. The van der Waals surface area contributed by atoms with Gasteiger partial charge in [-0.05, 0) is 27.7 Å². The van der Waals surface area contributed by atoms with Crippen molar-refractivity contribution in [2.45, 2.75) is 83.4 Å². The first-order valence-electron chi connectivity index (χ1n) is 12.4. The molecule has 0 saturated carbocycles. The Bertz CT molecular complexity index is 1230. The summed E-state index contributed by atoms with van der Waals surface area (Å²) in [7, 11) is -4.28. The minimum Gasteiger partial charge on any atom is -0.462 e. The molecule has 228 valence electrons. The van der Waals surface area contributed by atoms with E-state index in [9.17, 15) is 28.8 Å². The summed E-state index contributed by atoms with van der Waals surface area (Å²) in [4.78, 5) is 50.7. The van der Waals surface area contributed by atoms with E-state index in [0.29, 0.717) is 0 Å².